The third kappa shape index (κ3) is 5.53. The molecule has 2 N–H and O–H groups in total. The van der Waals surface area contributed by atoms with Gasteiger partial charge in [-0.05, 0) is 30.3 Å². The van der Waals surface area contributed by atoms with Gasteiger partial charge in [-0.3, -0.25) is 9.21 Å². The molecule has 1 aliphatic rings. The predicted octanol–water partition coefficient (Wildman–Crippen LogP) is 4.14. The van der Waals surface area contributed by atoms with Gasteiger partial charge in [0.15, 0.2) is 5.88 Å². The van der Waals surface area contributed by atoms with Crippen molar-refractivity contribution in [3.8, 4) is 5.88 Å². The molecule has 37 heavy (non-hydrogen) atoms. The molecule has 1 fully saturated rings. The summed E-state index contributed by atoms with van der Waals surface area (Å²) in [7, 11) is -1.90. The summed E-state index contributed by atoms with van der Waals surface area (Å²) < 4.78 is 32.6. The number of para-hydroxylation sites is 1. The highest BCUT2D eigenvalue weighted by Crippen LogP contribution is 2.32. The van der Waals surface area contributed by atoms with Gasteiger partial charge in [0, 0.05) is 43.1 Å². The van der Waals surface area contributed by atoms with E-state index in [4.69, 9.17) is 9.73 Å². The maximum atomic E-state index is 12.9. The second-order valence-electron chi connectivity index (χ2n) is 8.97. The molecule has 9 heteroatoms. The minimum absolute atomic E-state index is 0.0431. The van der Waals surface area contributed by atoms with Gasteiger partial charge in [0.05, 0.1) is 41.6 Å². The van der Waals surface area contributed by atoms with Gasteiger partial charge in [-0.25, -0.2) is 13.4 Å². The number of morpholine rings is 1. The fraction of sp³-hybridized carbons (Fsp3) is 0.250. The highest BCUT2D eigenvalue weighted by atomic mass is 32.2. The number of ether oxygens (including phenoxy) is 1. The van der Waals surface area contributed by atoms with Crippen LogP contribution in [0.3, 0.4) is 0 Å². The van der Waals surface area contributed by atoms with Gasteiger partial charge in [0.25, 0.3) is 0 Å². The standard InChI is InChI=1S/C28H30N4O4S/c1-31(37(34,35)20-17-32-15-18-36-19-16-32)23-13-11-22(12-14-23)29-27(21-7-3-2-4-8-21)26-24-9-5-6-10-25(24)30-28(26)33/h2-14,30,33H,15-20H2,1H3. The number of aromatic amines is 1. The van der Waals surface area contributed by atoms with Crippen molar-refractivity contribution in [1.82, 2.24) is 9.88 Å². The number of rotatable bonds is 8. The molecule has 1 aromatic heterocycles. The third-order valence-electron chi connectivity index (χ3n) is 6.61. The second kappa shape index (κ2) is 10.8. The molecule has 8 nitrogen and oxygen atoms in total. The molecule has 0 amide bonds. The number of H-pyrrole nitrogens is 1. The van der Waals surface area contributed by atoms with E-state index in [-0.39, 0.29) is 11.6 Å². The average Bonchev–Trinajstić information content (AvgIpc) is 3.27. The number of aromatic hydroxyl groups is 1. The summed E-state index contributed by atoms with van der Waals surface area (Å²) in [6.45, 7) is 3.26. The van der Waals surface area contributed by atoms with Crippen LogP contribution in [-0.2, 0) is 14.8 Å². The van der Waals surface area contributed by atoms with E-state index < -0.39 is 10.0 Å². The smallest absolute Gasteiger partial charge is 0.236 e. The Morgan fingerprint density at radius 1 is 1.00 bits per heavy atom. The number of anilines is 1. The van der Waals surface area contributed by atoms with E-state index in [1.54, 1.807) is 31.3 Å². The molecule has 1 saturated heterocycles. The number of aliphatic imine (C=N–C) groups is 1. The average molecular weight is 519 g/mol. The second-order valence-corrected chi connectivity index (χ2v) is 11.1. The van der Waals surface area contributed by atoms with E-state index >= 15 is 0 Å². The number of nitrogens with one attached hydrogen (secondary N) is 1. The van der Waals surface area contributed by atoms with Crippen molar-refractivity contribution >= 4 is 38.0 Å². The van der Waals surface area contributed by atoms with Gasteiger partial charge in [-0.1, -0.05) is 48.5 Å². The molecule has 0 bridgehead atoms. The van der Waals surface area contributed by atoms with Gasteiger partial charge in [0.1, 0.15) is 0 Å². The van der Waals surface area contributed by atoms with Crippen LogP contribution in [0.5, 0.6) is 5.88 Å². The summed E-state index contributed by atoms with van der Waals surface area (Å²) in [5.74, 6) is 0.0908. The van der Waals surface area contributed by atoms with Crippen LogP contribution in [-0.4, -0.2) is 74.8 Å². The molecule has 2 heterocycles. The molecule has 1 aliphatic heterocycles. The molecule has 5 rings (SSSR count). The zero-order chi connectivity index (χ0) is 25.8. The summed E-state index contributed by atoms with van der Waals surface area (Å²) in [5, 5.41) is 11.6. The lowest BCUT2D eigenvalue weighted by Gasteiger charge is -2.27. The van der Waals surface area contributed by atoms with Crippen LogP contribution in [0, 0.1) is 0 Å². The Hall–Kier alpha value is -3.66. The fourth-order valence-corrected chi connectivity index (χ4v) is 5.67. The highest BCUT2D eigenvalue weighted by Gasteiger charge is 2.22. The van der Waals surface area contributed by atoms with Crippen molar-refractivity contribution in [2.24, 2.45) is 4.99 Å². The molecule has 0 radical (unpaired) electrons. The van der Waals surface area contributed by atoms with Crippen molar-refractivity contribution in [3.63, 3.8) is 0 Å². The van der Waals surface area contributed by atoms with E-state index in [1.807, 2.05) is 54.6 Å². The first-order valence-electron chi connectivity index (χ1n) is 12.2. The van der Waals surface area contributed by atoms with Crippen LogP contribution < -0.4 is 4.31 Å². The van der Waals surface area contributed by atoms with E-state index in [9.17, 15) is 13.5 Å². The Labute approximate surface area is 216 Å². The van der Waals surface area contributed by atoms with Crippen LogP contribution in [0.15, 0.2) is 83.9 Å². The van der Waals surface area contributed by atoms with Gasteiger partial charge < -0.3 is 14.8 Å². The molecular weight excluding hydrogens is 488 g/mol. The molecule has 0 unspecified atom stereocenters. The largest absolute Gasteiger partial charge is 0.494 e. The van der Waals surface area contributed by atoms with E-state index in [2.05, 4.69) is 9.88 Å². The number of fused-ring (bicyclic) bond motifs is 1. The van der Waals surface area contributed by atoms with Crippen molar-refractivity contribution in [3.05, 3.63) is 90.0 Å². The van der Waals surface area contributed by atoms with Crippen LogP contribution in [0.25, 0.3) is 10.9 Å². The van der Waals surface area contributed by atoms with Crippen LogP contribution in [0.1, 0.15) is 11.1 Å². The lowest BCUT2D eigenvalue weighted by molar-refractivity contribution is 0.0408. The molecule has 0 spiro atoms. The SMILES string of the molecule is CN(c1ccc(N=C(c2ccccc2)c2c(O)[nH]c3ccccc23)cc1)S(=O)(=O)CCN1CCOCC1. The van der Waals surface area contributed by atoms with Gasteiger partial charge in [-0.2, -0.15) is 0 Å². The number of nitrogens with zero attached hydrogens (tertiary/aromatic N) is 3. The van der Waals surface area contributed by atoms with Crippen LogP contribution >= 0.6 is 0 Å². The first-order valence-corrected chi connectivity index (χ1v) is 13.8. The molecule has 0 aliphatic carbocycles. The Morgan fingerprint density at radius 3 is 2.41 bits per heavy atom. The molecule has 4 aromatic rings. The third-order valence-corrected chi connectivity index (χ3v) is 8.35. The lowest BCUT2D eigenvalue weighted by atomic mass is 10.0. The van der Waals surface area contributed by atoms with Gasteiger partial charge >= 0.3 is 0 Å². The highest BCUT2D eigenvalue weighted by molar-refractivity contribution is 7.92. The number of hydrogen-bond donors (Lipinski definition) is 2. The zero-order valence-corrected chi connectivity index (χ0v) is 21.5. The maximum Gasteiger partial charge on any atom is 0.236 e. The molecule has 0 saturated carbocycles. The summed E-state index contributed by atoms with van der Waals surface area (Å²) in [6, 6.07) is 24.4. The minimum atomic E-state index is -3.48. The van der Waals surface area contributed by atoms with Crippen molar-refractivity contribution in [2.45, 2.75) is 0 Å². The topological polar surface area (TPSA) is 98.2 Å². The summed E-state index contributed by atoms with van der Waals surface area (Å²) in [5.41, 5.74) is 4.12. The van der Waals surface area contributed by atoms with Crippen molar-refractivity contribution < 1.29 is 18.3 Å². The zero-order valence-electron chi connectivity index (χ0n) is 20.7. The molecule has 0 atom stereocenters. The quantitative estimate of drug-likeness (QED) is 0.342. The Bertz CT molecular complexity index is 1490. The van der Waals surface area contributed by atoms with E-state index in [1.165, 1.54) is 4.31 Å². The predicted molar refractivity (Wildman–Crippen MR) is 148 cm³/mol. The summed E-state index contributed by atoms with van der Waals surface area (Å²) in [4.78, 5) is 10.0. The van der Waals surface area contributed by atoms with Gasteiger partial charge in [-0.15, -0.1) is 0 Å². The molecule has 3 aromatic carbocycles. The molecular formula is C28H30N4O4S. The number of benzene rings is 3. The van der Waals surface area contributed by atoms with Gasteiger partial charge in [0.2, 0.25) is 10.0 Å². The number of hydrogen-bond acceptors (Lipinski definition) is 6. The lowest BCUT2D eigenvalue weighted by Crippen LogP contribution is -2.41. The summed E-state index contributed by atoms with van der Waals surface area (Å²) >= 11 is 0. The van der Waals surface area contributed by atoms with E-state index in [0.717, 1.165) is 29.6 Å². The normalized spacial score (nSPS) is 15.2. The van der Waals surface area contributed by atoms with Crippen LogP contribution in [0.4, 0.5) is 11.4 Å². The van der Waals surface area contributed by atoms with Crippen molar-refractivity contribution in [2.75, 3.05) is 50.0 Å². The van der Waals surface area contributed by atoms with Crippen molar-refractivity contribution in [1.29, 1.82) is 0 Å². The fourth-order valence-electron chi connectivity index (χ4n) is 4.46. The Morgan fingerprint density at radius 2 is 1.68 bits per heavy atom. The first-order chi connectivity index (χ1) is 17.9. The van der Waals surface area contributed by atoms with Crippen LogP contribution in [0.2, 0.25) is 0 Å². The monoisotopic (exact) mass is 518 g/mol. The Balaban J connectivity index is 1.42. The minimum Gasteiger partial charge on any atom is -0.494 e. The number of sulfonamides is 1. The summed E-state index contributed by atoms with van der Waals surface area (Å²) in [6.07, 6.45) is 0. The maximum absolute atomic E-state index is 12.9. The molecule has 192 valence electrons. The number of aromatic nitrogens is 1. The van der Waals surface area contributed by atoms with E-state index in [0.29, 0.717) is 42.4 Å². The Kier molecular flexibility index (Phi) is 7.27. The first kappa shape index (κ1) is 25.0.